The maximum atomic E-state index is 16.2. The van der Waals surface area contributed by atoms with Crippen LogP contribution in [0.1, 0.15) is 57.8 Å². The van der Waals surface area contributed by atoms with Crippen LogP contribution in [0.4, 0.5) is 4.39 Å². The molecule has 0 aromatic carbocycles. The van der Waals surface area contributed by atoms with Gasteiger partial charge in [0.1, 0.15) is 6.17 Å². The van der Waals surface area contributed by atoms with Crippen LogP contribution in [0.15, 0.2) is 11.8 Å². The van der Waals surface area contributed by atoms with Crippen molar-refractivity contribution in [3.63, 3.8) is 0 Å². The van der Waals surface area contributed by atoms with Crippen LogP contribution in [0.5, 0.6) is 0 Å². The first-order chi connectivity index (χ1) is 22.0. The molecule has 5 aliphatic heterocycles. The highest BCUT2D eigenvalue weighted by atomic mass is 19.1. The summed E-state index contributed by atoms with van der Waals surface area (Å²) >= 11 is 0. The van der Waals surface area contributed by atoms with E-state index in [1.165, 1.54) is 32.1 Å². The molecule has 10 nitrogen and oxygen atoms in total. The van der Waals surface area contributed by atoms with Gasteiger partial charge in [-0.05, 0) is 69.9 Å². The van der Waals surface area contributed by atoms with Gasteiger partial charge in [-0.3, -0.25) is 14.5 Å². The average molecular weight is 630 g/mol. The Kier molecular flexibility index (Phi) is 8.94. The second-order valence-corrected chi connectivity index (χ2v) is 14.9. The number of morpholine rings is 2. The first-order valence-corrected chi connectivity index (χ1v) is 18.1. The van der Waals surface area contributed by atoms with Crippen molar-refractivity contribution in [2.24, 2.45) is 17.8 Å². The summed E-state index contributed by atoms with van der Waals surface area (Å²) in [6.45, 7) is 8.16. The maximum absolute atomic E-state index is 16.2. The average Bonchev–Trinajstić information content (AvgIpc) is 3.70. The number of carbonyl (C=O) groups excluding carboxylic acids is 2. The molecule has 4 saturated heterocycles. The van der Waals surface area contributed by atoms with E-state index in [4.69, 9.17) is 14.2 Å². The summed E-state index contributed by atoms with van der Waals surface area (Å²) in [6, 6.07) is -0.762. The van der Waals surface area contributed by atoms with Crippen LogP contribution in [0.2, 0.25) is 0 Å². The Hall–Kier alpha value is -1.63. The summed E-state index contributed by atoms with van der Waals surface area (Å²) < 4.78 is 35.4. The molecule has 0 bridgehead atoms. The number of rotatable bonds is 8. The Labute approximate surface area is 266 Å². The number of amides is 1. The minimum absolute atomic E-state index is 0.0146. The fourth-order valence-corrected chi connectivity index (χ4v) is 10.3. The molecule has 0 radical (unpaired) electrons. The minimum Gasteiger partial charge on any atom is -0.379 e. The number of nitrogens with zero attached hydrogens (tertiary/aromatic N) is 3. The van der Waals surface area contributed by atoms with E-state index in [1.54, 1.807) is 0 Å². The predicted octanol–water partition coefficient (Wildman–Crippen LogP) is 1.49. The van der Waals surface area contributed by atoms with Gasteiger partial charge in [0.2, 0.25) is 0 Å². The largest absolute Gasteiger partial charge is 0.379 e. The second kappa shape index (κ2) is 13.1. The third-order valence-corrected chi connectivity index (χ3v) is 12.5. The number of ether oxygens (including phenoxy) is 3. The number of likely N-dealkylation sites (tertiary alicyclic amines) is 1. The van der Waals surface area contributed by atoms with E-state index in [2.05, 4.69) is 25.3 Å². The van der Waals surface area contributed by atoms with Crippen LogP contribution in [0.25, 0.3) is 0 Å². The molecule has 3 saturated carbocycles. The molecule has 1 amide bonds. The molecule has 5 heterocycles. The third-order valence-electron chi connectivity index (χ3n) is 12.5. The lowest BCUT2D eigenvalue weighted by Gasteiger charge is -2.60. The number of halogens is 1. The number of nitrogens with one attached hydrogen (secondary N) is 2. The Morgan fingerprint density at radius 1 is 0.867 bits per heavy atom. The molecule has 11 unspecified atom stereocenters. The lowest BCUT2D eigenvalue weighted by molar-refractivity contribution is -0.209. The van der Waals surface area contributed by atoms with E-state index < -0.39 is 24.2 Å². The molecular formula is C34H52FN5O5. The van der Waals surface area contributed by atoms with Gasteiger partial charge < -0.3 is 34.6 Å². The van der Waals surface area contributed by atoms with E-state index in [0.29, 0.717) is 31.0 Å². The van der Waals surface area contributed by atoms with Gasteiger partial charge in [0, 0.05) is 51.4 Å². The van der Waals surface area contributed by atoms with E-state index in [0.717, 1.165) is 71.7 Å². The van der Waals surface area contributed by atoms with Crippen molar-refractivity contribution >= 4 is 11.7 Å². The van der Waals surface area contributed by atoms with Gasteiger partial charge in [-0.2, -0.15) is 0 Å². The van der Waals surface area contributed by atoms with Crippen molar-refractivity contribution in [2.45, 2.75) is 107 Å². The Bertz CT molecular complexity index is 1130. The van der Waals surface area contributed by atoms with Gasteiger partial charge in [0.25, 0.3) is 5.91 Å². The lowest BCUT2D eigenvalue weighted by atomic mass is 9.67. The van der Waals surface area contributed by atoms with Crippen LogP contribution in [-0.4, -0.2) is 141 Å². The maximum Gasteiger partial charge on any atom is 0.256 e. The van der Waals surface area contributed by atoms with Gasteiger partial charge in [-0.1, -0.05) is 12.8 Å². The molecular weight excluding hydrogens is 577 g/mol. The monoisotopic (exact) mass is 629 g/mol. The molecule has 11 atom stereocenters. The molecule has 45 heavy (non-hydrogen) atoms. The van der Waals surface area contributed by atoms with Crippen molar-refractivity contribution in [2.75, 3.05) is 65.6 Å². The Morgan fingerprint density at radius 3 is 2.49 bits per heavy atom. The van der Waals surface area contributed by atoms with E-state index >= 15 is 4.39 Å². The molecule has 8 rings (SSSR count). The lowest BCUT2D eigenvalue weighted by Crippen LogP contribution is -2.73. The fourth-order valence-electron chi connectivity index (χ4n) is 10.3. The Morgan fingerprint density at radius 2 is 1.64 bits per heavy atom. The van der Waals surface area contributed by atoms with Crippen molar-refractivity contribution in [1.29, 1.82) is 0 Å². The number of Topliss-reactive ketones (excluding diaryl/α,β-unsaturated/α-hetero) is 1. The first kappa shape index (κ1) is 30.7. The number of alkyl halides is 1. The van der Waals surface area contributed by atoms with Gasteiger partial charge in [-0.15, -0.1) is 0 Å². The van der Waals surface area contributed by atoms with E-state index in [-0.39, 0.29) is 48.0 Å². The summed E-state index contributed by atoms with van der Waals surface area (Å²) in [7, 11) is 0. The topological polar surface area (TPSA) is 95.6 Å². The SMILES string of the molecule is O=C(NCCN1CCCC1)C1=CN2C3CC4OC5CCCCC5C4CC3OC3C(NCCN4CCOCC4)C(F)CC(C1=O)C32. The standard InChI is InChI=1S/C34H52FN5O5/c35-25-17-23-31-33(30(25)36-7-11-39-13-15-43-16-14-39)45-29-18-22-21-5-1-2-6-27(21)44-28(22)19-26(29)40(31)20-24(32(23)41)34(42)37-8-12-38-9-3-4-10-38/h20-23,25-31,33,36H,1-19H2,(H,37,42). The summed E-state index contributed by atoms with van der Waals surface area (Å²) in [5.41, 5.74) is 0.186. The predicted molar refractivity (Wildman–Crippen MR) is 165 cm³/mol. The van der Waals surface area contributed by atoms with Crippen LogP contribution < -0.4 is 10.6 Å². The highest BCUT2D eigenvalue weighted by Crippen LogP contribution is 2.52. The molecule has 3 aliphatic carbocycles. The summed E-state index contributed by atoms with van der Waals surface area (Å²) in [4.78, 5) is 34.5. The third kappa shape index (κ3) is 5.88. The van der Waals surface area contributed by atoms with Crippen molar-refractivity contribution in [1.82, 2.24) is 25.3 Å². The van der Waals surface area contributed by atoms with Crippen molar-refractivity contribution in [3.05, 3.63) is 11.8 Å². The van der Waals surface area contributed by atoms with E-state index in [1.807, 2.05) is 6.20 Å². The normalized spacial score (nSPS) is 43.2. The zero-order chi connectivity index (χ0) is 30.5. The van der Waals surface area contributed by atoms with Crippen LogP contribution >= 0.6 is 0 Å². The van der Waals surface area contributed by atoms with Crippen LogP contribution in [0.3, 0.4) is 0 Å². The molecule has 7 fully saturated rings. The first-order valence-electron chi connectivity index (χ1n) is 18.1. The Balaban J connectivity index is 1.04. The second-order valence-electron chi connectivity index (χ2n) is 14.9. The highest BCUT2D eigenvalue weighted by molar-refractivity contribution is 6.20. The summed E-state index contributed by atoms with van der Waals surface area (Å²) in [5, 5.41) is 6.58. The van der Waals surface area contributed by atoms with Crippen LogP contribution in [-0.2, 0) is 23.8 Å². The highest BCUT2D eigenvalue weighted by Gasteiger charge is 2.61. The molecule has 2 N–H and O–H groups in total. The quantitative estimate of drug-likeness (QED) is 0.388. The van der Waals surface area contributed by atoms with Crippen LogP contribution in [0, 0.1) is 17.8 Å². The molecule has 8 aliphatic rings. The summed E-state index contributed by atoms with van der Waals surface area (Å²) in [5.74, 6) is -0.108. The van der Waals surface area contributed by atoms with Crippen molar-refractivity contribution < 1.29 is 28.2 Å². The van der Waals surface area contributed by atoms with E-state index in [9.17, 15) is 9.59 Å². The molecule has 250 valence electrons. The number of hydrogen-bond acceptors (Lipinski definition) is 9. The molecule has 0 aromatic rings. The van der Waals surface area contributed by atoms with Gasteiger partial charge in [-0.25, -0.2) is 4.39 Å². The number of hydrogen-bond donors (Lipinski definition) is 2. The van der Waals surface area contributed by atoms with Gasteiger partial charge >= 0.3 is 0 Å². The van der Waals surface area contributed by atoms with Crippen molar-refractivity contribution in [3.8, 4) is 0 Å². The smallest absolute Gasteiger partial charge is 0.256 e. The number of carbonyl (C=O) groups is 2. The van der Waals surface area contributed by atoms with Gasteiger partial charge in [0.05, 0.1) is 61.3 Å². The molecule has 11 heteroatoms. The minimum atomic E-state index is -1.23. The zero-order valence-corrected chi connectivity index (χ0v) is 26.6. The number of ketones is 1. The summed E-state index contributed by atoms with van der Waals surface area (Å²) in [6.07, 6.45) is 9.70. The fraction of sp³-hybridized carbons (Fsp3) is 0.882. The molecule has 0 aromatic heterocycles. The van der Waals surface area contributed by atoms with Gasteiger partial charge in [0.15, 0.2) is 5.78 Å². The molecule has 0 spiro atoms. The zero-order valence-electron chi connectivity index (χ0n) is 26.6. The number of fused-ring (bicyclic) bond motifs is 5.